The van der Waals surface area contributed by atoms with E-state index < -0.39 is 0 Å². The zero-order chi connectivity index (χ0) is 13.4. The van der Waals surface area contributed by atoms with Gasteiger partial charge in [-0.15, -0.1) is 0 Å². The molecule has 3 nitrogen and oxygen atoms in total. The first-order valence-corrected chi connectivity index (χ1v) is 5.83. The number of hydrogen-bond donors (Lipinski definition) is 1. The predicted molar refractivity (Wildman–Crippen MR) is 68.7 cm³/mol. The molecule has 98 valence electrons. The van der Waals surface area contributed by atoms with Gasteiger partial charge in [0.2, 0.25) is 0 Å². The van der Waals surface area contributed by atoms with Crippen molar-refractivity contribution < 1.29 is 13.9 Å². The van der Waals surface area contributed by atoms with Crippen LogP contribution in [0.1, 0.15) is 12.5 Å². The molecular weight excluding hydrogens is 233 g/mol. The van der Waals surface area contributed by atoms with Gasteiger partial charge in [0.05, 0.1) is 7.11 Å². The van der Waals surface area contributed by atoms with Crippen LogP contribution in [0.2, 0.25) is 0 Å². The molecule has 0 unspecified atom stereocenters. The number of carbonyl (C=O) groups excluding carboxylic acids is 1. The van der Waals surface area contributed by atoms with E-state index in [-0.39, 0.29) is 11.8 Å². The third-order valence-corrected chi connectivity index (χ3v) is 2.54. The number of carbonyl (C=O) groups is 1. The van der Waals surface area contributed by atoms with Crippen molar-refractivity contribution in [2.75, 3.05) is 20.2 Å². The van der Waals surface area contributed by atoms with E-state index in [1.807, 2.05) is 6.07 Å². The maximum Gasteiger partial charge on any atom is 0.333 e. The van der Waals surface area contributed by atoms with Gasteiger partial charge in [-0.1, -0.05) is 18.2 Å². The Hall–Kier alpha value is -1.68. The van der Waals surface area contributed by atoms with E-state index in [2.05, 4.69) is 10.1 Å². The highest BCUT2D eigenvalue weighted by Crippen LogP contribution is 2.03. The van der Waals surface area contributed by atoms with Crippen molar-refractivity contribution in [3.63, 3.8) is 0 Å². The Morgan fingerprint density at radius 1 is 1.50 bits per heavy atom. The summed E-state index contributed by atoms with van der Waals surface area (Å²) in [6.07, 6.45) is 2.53. The molecule has 4 heteroatoms. The standard InChI is InChI=1S/C14H18FNO2/c1-11(14(17)18-2)6-8-16-9-7-12-4-3-5-13(15)10-12/h3-6,10,16H,7-9H2,1-2H3/b11-6+. The molecule has 0 amide bonds. The van der Waals surface area contributed by atoms with Gasteiger partial charge in [-0.2, -0.15) is 0 Å². The summed E-state index contributed by atoms with van der Waals surface area (Å²) in [5, 5.41) is 3.16. The molecule has 0 aliphatic rings. The molecule has 0 spiro atoms. The minimum absolute atomic E-state index is 0.214. The van der Waals surface area contributed by atoms with Crippen LogP contribution in [0.15, 0.2) is 35.9 Å². The summed E-state index contributed by atoms with van der Waals surface area (Å²) in [5.41, 5.74) is 1.53. The second kappa shape index (κ2) is 7.61. The first-order chi connectivity index (χ1) is 8.63. The molecule has 0 bridgehead atoms. The van der Waals surface area contributed by atoms with Crippen molar-refractivity contribution in [3.8, 4) is 0 Å². The van der Waals surface area contributed by atoms with E-state index >= 15 is 0 Å². The van der Waals surface area contributed by atoms with Gasteiger partial charge in [-0.3, -0.25) is 0 Å². The van der Waals surface area contributed by atoms with Gasteiger partial charge in [0, 0.05) is 12.1 Å². The molecule has 1 N–H and O–H groups in total. The van der Waals surface area contributed by atoms with Crippen LogP contribution in [-0.2, 0) is 16.0 Å². The Morgan fingerprint density at radius 3 is 2.94 bits per heavy atom. The SMILES string of the molecule is COC(=O)/C(C)=C/CNCCc1cccc(F)c1. The molecule has 0 radical (unpaired) electrons. The number of methoxy groups -OCH3 is 1. The number of hydrogen-bond acceptors (Lipinski definition) is 3. The van der Waals surface area contributed by atoms with Crippen LogP contribution >= 0.6 is 0 Å². The molecule has 1 aromatic carbocycles. The second-order valence-corrected chi connectivity index (χ2v) is 3.96. The molecule has 0 saturated heterocycles. The summed E-state index contributed by atoms with van der Waals surface area (Å²) in [6.45, 7) is 3.03. The lowest BCUT2D eigenvalue weighted by atomic mass is 10.1. The van der Waals surface area contributed by atoms with Gasteiger partial charge in [0.1, 0.15) is 5.82 Å². The number of rotatable bonds is 6. The van der Waals surface area contributed by atoms with Gasteiger partial charge in [-0.05, 0) is 37.6 Å². The summed E-state index contributed by atoms with van der Waals surface area (Å²) in [5.74, 6) is -0.532. The fourth-order valence-electron chi connectivity index (χ4n) is 1.50. The first-order valence-electron chi connectivity index (χ1n) is 5.83. The van der Waals surface area contributed by atoms with Crippen LogP contribution in [0.3, 0.4) is 0 Å². The van der Waals surface area contributed by atoms with E-state index in [4.69, 9.17) is 0 Å². The molecule has 0 aromatic heterocycles. The fraction of sp³-hybridized carbons (Fsp3) is 0.357. The van der Waals surface area contributed by atoms with E-state index in [0.29, 0.717) is 12.1 Å². The molecule has 0 heterocycles. The highest BCUT2D eigenvalue weighted by atomic mass is 19.1. The zero-order valence-corrected chi connectivity index (χ0v) is 10.7. The normalized spacial score (nSPS) is 11.4. The van der Waals surface area contributed by atoms with E-state index in [1.165, 1.54) is 19.2 Å². The second-order valence-electron chi connectivity index (χ2n) is 3.96. The molecule has 1 aromatic rings. The average molecular weight is 251 g/mol. The summed E-state index contributed by atoms with van der Waals surface area (Å²) in [7, 11) is 1.36. The monoisotopic (exact) mass is 251 g/mol. The van der Waals surface area contributed by atoms with Crippen molar-refractivity contribution in [1.29, 1.82) is 0 Å². The van der Waals surface area contributed by atoms with Crippen LogP contribution < -0.4 is 5.32 Å². The smallest absolute Gasteiger partial charge is 0.333 e. The van der Waals surface area contributed by atoms with Gasteiger partial charge < -0.3 is 10.1 Å². The Labute approximate surface area is 107 Å². The summed E-state index contributed by atoms with van der Waals surface area (Å²) in [6, 6.07) is 6.54. The largest absolute Gasteiger partial charge is 0.466 e. The molecule has 0 aliphatic carbocycles. The van der Waals surface area contributed by atoms with Crippen LogP contribution in [-0.4, -0.2) is 26.2 Å². The summed E-state index contributed by atoms with van der Waals surface area (Å²) in [4.78, 5) is 11.1. The number of nitrogens with one attached hydrogen (secondary N) is 1. The van der Waals surface area contributed by atoms with E-state index in [9.17, 15) is 9.18 Å². The van der Waals surface area contributed by atoms with Crippen LogP contribution in [0.5, 0.6) is 0 Å². The number of esters is 1. The number of halogens is 1. The van der Waals surface area contributed by atoms with Gasteiger partial charge in [0.15, 0.2) is 0 Å². The maximum absolute atomic E-state index is 12.9. The van der Waals surface area contributed by atoms with Crippen LogP contribution in [0, 0.1) is 5.82 Å². The van der Waals surface area contributed by atoms with Gasteiger partial charge >= 0.3 is 5.97 Å². The molecule has 0 saturated carbocycles. The highest BCUT2D eigenvalue weighted by molar-refractivity contribution is 5.87. The molecule has 0 atom stereocenters. The number of benzene rings is 1. The average Bonchev–Trinajstić information content (AvgIpc) is 2.37. The minimum Gasteiger partial charge on any atom is -0.466 e. The Balaban J connectivity index is 2.25. The van der Waals surface area contributed by atoms with Crippen molar-refractivity contribution in [3.05, 3.63) is 47.3 Å². The quantitative estimate of drug-likeness (QED) is 0.478. The lowest BCUT2D eigenvalue weighted by molar-refractivity contribution is -0.136. The Morgan fingerprint density at radius 2 is 2.28 bits per heavy atom. The maximum atomic E-state index is 12.9. The highest BCUT2D eigenvalue weighted by Gasteiger charge is 2.01. The zero-order valence-electron chi connectivity index (χ0n) is 10.7. The molecular formula is C14H18FNO2. The predicted octanol–water partition coefficient (Wildman–Crippen LogP) is 2.08. The van der Waals surface area contributed by atoms with Crippen molar-refractivity contribution in [1.82, 2.24) is 5.32 Å². The van der Waals surface area contributed by atoms with E-state index in [1.54, 1.807) is 19.1 Å². The van der Waals surface area contributed by atoms with Gasteiger partial charge in [-0.25, -0.2) is 9.18 Å². The minimum atomic E-state index is -0.318. The van der Waals surface area contributed by atoms with Crippen molar-refractivity contribution in [2.24, 2.45) is 0 Å². The summed E-state index contributed by atoms with van der Waals surface area (Å²) < 4.78 is 17.5. The topological polar surface area (TPSA) is 38.3 Å². The van der Waals surface area contributed by atoms with Gasteiger partial charge in [0.25, 0.3) is 0 Å². The van der Waals surface area contributed by atoms with Crippen LogP contribution in [0.4, 0.5) is 4.39 Å². The number of ether oxygens (including phenoxy) is 1. The summed E-state index contributed by atoms with van der Waals surface area (Å²) >= 11 is 0. The molecule has 18 heavy (non-hydrogen) atoms. The molecule has 0 fully saturated rings. The lowest BCUT2D eigenvalue weighted by Gasteiger charge is -2.03. The third-order valence-electron chi connectivity index (χ3n) is 2.54. The van der Waals surface area contributed by atoms with Crippen molar-refractivity contribution in [2.45, 2.75) is 13.3 Å². The third kappa shape index (κ3) is 5.10. The lowest BCUT2D eigenvalue weighted by Crippen LogP contribution is -2.18. The van der Waals surface area contributed by atoms with E-state index in [0.717, 1.165) is 18.5 Å². The van der Waals surface area contributed by atoms with Crippen molar-refractivity contribution >= 4 is 5.97 Å². The molecule has 1 rings (SSSR count). The molecule has 0 aliphatic heterocycles. The first kappa shape index (κ1) is 14.4. The fourth-order valence-corrected chi connectivity index (χ4v) is 1.50. The Bertz CT molecular complexity index is 430. The van der Waals surface area contributed by atoms with Crippen LogP contribution in [0.25, 0.3) is 0 Å². The Kier molecular flexibility index (Phi) is 6.08.